The van der Waals surface area contributed by atoms with E-state index in [2.05, 4.69) is 5.32 Å². The van der Waals surface area contributed by atoms with E-state index in [1.54, 1.807) is 13.0 Å². The van der Waals surface area contributed by atoms with Crippen LogP contribution < -0.4 is 5.32 Å². The summed E-state index contributed by atoms with van der Waals surface area (Å²) in [7, 11) is 0. The molecule has 19 heavy (non-hydrogen) atoms. The minimum atomic E-state index is -0.564. The number of anilines is 1. The van der Waals surface area contributed by atoms with Crippen molar-refractivity contribution in [3.8, 4) is 11.5 Å². The molecule has 0 aliphatic rings. The van der Waals surface area contributed by atoms with Gasteiger partial charge >= 0.3 is 0 Å². The Labute approximate surface area is 115 Å². The van der Waals surface area contributed by atoms with Gasteiger partial charge in [0.05, 0.1) is 22.3 Å². The van der Waals surface area contributed by atoms with E-state index in [9.17, 15) is 14.6 Å². The summed E-state index contributed by atoms with van der Waals surface area (Å²) in [6.45, 7) is 1.70. The maximum Gasteiger partial charge on any atom is 0.164 e. The second-order valence-corrected chi connectivity index (χ2v) is 4.58. The highest BCUT2D eigenvalue weighted by atomic mass is 35.5. The maximum atomic E-state index is 13.8. The van der Waals surface area contributed by atoms with Crippen molar-refractivity contribution in [1.82, 2.24) is 0 Å². The summed E-state index contributed by atoms with van der Waals surface area (Å²) in [5.41, 5.74) is 0.518. The van der Waals surface area contributed by atoms with Gasteiger partial charge < -0.3 is 15.5 Å². The molecule has 2 aromatic rings. The van der Waals surface area contributed by atoms with Gasteiger partial charge in [-0.25, -0.2) is 4.39 Å². The van der Waals surface area contributed by atoms with Crippen LogP contribution in [0.25, 0.3) is 0 Å². The molecule has 1 atom stereocenters. The molecule has 0 aromatic heterocycles. The molecule has 0 radical (unpaired) electrons. The quantitative estimate of drug-likeness (QED) is 0.795. The molecule has 0 saturated carbocycles. The van der Waals surface area contributed by atoms with Crippen LogP contribution >= 0.6 is 11.6 Å². The molecule has 3 N–H and O–H groups in total. The number of rotatable bonds is 3. The summed E-state index contributed by atoms with van der Waals surface area (Å²) < 4.78 is 13.8. The lowest BCUT2D eigenvalue weighted by molar-refractivity contribution is 0.434. The molecule has 0 fully saturated rings. The van der Waals surface area contributed by atoms with E-state index >= 15 is 0 Å². The van der Waals surface area contributed by atoms with Gasteiger partial charge in [0.1, 0.15) is 11.5 Å². The van der Waals surface area contributed by atoms with Gasteiger partial charge in [0.2, 0.25) is 0 Å². The normalized spacial score (nSPS) is 12.2. The van der Waals surface area contributed by atoms with Crippen molar-refractivity contribution < 1.29 is 14.6 Å². The predicted molar refractivity (Wildman–Crippen MR) is 73.2 cm³/mol. The average molecular weight is 282 g/mol. The fourth-order valence-electron chi connectivity index (χ4n) is 1.91. The summed E-state index contributed by atoms with van der Waals surface area (Å²) >= 11 is 5.69. The number of hydrogen-bond donors (Lipinski definition) is 3. The molecule has 0 bridgehead atoms. The molecule has 0 aliphatic heterocycles. The van der Waals surface area contributed by atoms with Crippen molar-refractivity contribution in [2.24, 2.45) is 0 Å². The minimum Gasteiger partial charge on any atom is -0.507 e. The van der Waals surface area contributed by atoms with Crippen LogP contribution in [0.3, 0.4) is 0 Å². The first-order chi connectivity index (χ1) is 9.00. The number of benzene rings is 2. The summed E-state index contributed by atoms with van der Waals surface area (Å²) in [6, 6.07) is 8.57. The average Bonchev–Trinajstić information content (AvgIpc) is 2.35. The SMILES string of the molecule is CC(Nc1cccc(Cl)c1F)c1c(O)cccc1O. The van der Waals surface area contributed by atoms with Crippen molar-refractivity contribution in [2.45, 2.75) is 13.0 Å². The number of phenols is 2. The van der Waals surface area contributed by atoms with E-state index in [-0.39, 0.29) is 22.2 Å². The Hall–Kier alpha value is -1.94. The number of phenolic OH excluding ortho intramolecular Hbond substituents is 2. The summed E-state index contributed by atoms with van der Waals surface area (Å²) in [4.78, 5) is 0. The van der Waals surface area contributed by atoms with Gasteiger partial charge in [0.15, 0.2) is 5.82 Å². The molecule has 0 aliphatic carbocycles. The molecule has 0 heterocycles. The third-order valence-corrected chi connectivity index (χ3v) is 3.11. The highest BCUT2D eigenvalue weighted by Gasteiger charge is 2.16. The molecule has 2 rings (SSSR count). The Kier molecular flexibility index (Phi) is 3.81. The molecule has 5 heteroatoms. The standard InChI is InChI=1S/C14H13ClFNO2/c1-8(13-11(18)6-3-7-12(13)19)17-10-5-2-4-9(15)14(10)16/h2-8,17-19H,1H3. The van der Waals surface area contributed by atoms with Gasteiger partial charge in [-0.15, -0.1) is 0 Å². The van der Waals surface area contributed by atoms with Gasteiger partial charge in [-0.05, 0) is 31.2 Å². The molecule has 100 valence electrons. The number of hydrogen-bond acceptors (Lipinski definition) is 3. The lowest BCUT2D eigenvalue weighted by atomic mass is 10.1. The van der Waals surface area contributed by atoms with E-state index in [0.29, 0.717) is 5.56 Å². The van der Waals surface area contributed by atoms with Gasteiger partial charge in [-0.2, -0.15) is 0 Å². The topological polar surface area (TPSA) is 52.5 Å². The van der Waals surface area contributed by atoms with Crippen molar-refractivity contribution in [3.63, 3.8) is 0 Å². The number of aromatic hydroxyl groups is 2. The monoisotopic (exact) mass is 281 g/mol. The Balaban J connectivity index is 2.31. The lowest BCUT2D eigenvalue weighted by Crippen LogP contribution is -2.08. The highest BCUT2D eigenvalue weighted by Crippen LogP contribution is 2.35. The molecular weight excluding hydrogens is 269 g/mol. The second kappa shape index (κ2) is 5.36. The molecule has 1 unspecified atom stereocenters. The Morgan fingerprint density at radius 1 is 1.11 bits per heavy atom. The van der Waals surface area contributed by atoms with Crippen LogP contribution in [0.2, 0.25) is 5.02 Å². The zero-order valence-electron chi connectivity index (χ0n) is 10.2. The fraction of sp³-hybridized carbons (Fsp3) is 0.143. The fourth-order valence-corrected chi connectivity index (χ4v) is 2.08. The maximum absolute atomic E-state index is 13.8. The van der Waals surface area contributed by atoms with E-state index in [1.807, 2.05) is 0 Å². The Morgan fingerprint density at radius 3 is 2.32 bits per heavy atom. The minimum absolute atomic E-state index is 0.0127. The van der Waals surface area contributed by atoms with Crippen LogP contribution in [0.5, 0.6) is 11.5 Å². The molecule has 3 nitrogen and oxygen atoms in total. The zero-order valence-corrected chi connectivity index (χ0v) is 10.9. The molecule has 0 spiro atoms. The third-order valence-electron chi connectivity index (χ3n) is 2.82. The predicted octanol–water partition coefficient (Wildman–Crippen LogP) is 4.06. The van der Waals surface area contributed by atoms with E-state index in [0.717, 1.165) is 0 Å². The van der Waals surface area contributed by atoms with Gasteiger partial charge in [-0.1, -0.05) is 23.7 Å². The summed E-state index contributed by atoms with van der Waals surface area (Å²) in [5.74, 6) is -0.671. The second-order valence-electron chi connectivity index (χ2n) is 4.18. The number of halogens is 2. The van der Waals surface area contributed by atoms with E-state index in [1.165, 1.54) is 30.3 Å². The molecule has 0 amide bonds. The largest absolute Gasteiger partial charge is 0.507 e. The molecule has 0 saturated heterocycles. The summed E-state index contributed by atoms with van der Waals surface area (Å²) in [5, 5.41) is 22.4. The van der Waals surface area contributed by atoms with Crippen LogP contribution in [0.4, 0.5) is 10.1 Å². The van der Waals surface area contributed by atoms with Gasteiger partial charge in [0.25, 0.3) is 0 Å². The first-order valence-corrected chi connectivity index (χ1v) is 6.10. The molecule has 2 aromatic carbocycles. The first kappa shape index (κ1) is 13.5. The van der Waals surface area contributed by atoms with Gasteiger partial charge in [-0.3, -0.25) is 0 Å². The van der Waals surface area contributed by atoms with Crippen molar-refractivity contribution in [1.29, 1.82) is 0 Å². The smallest absolute Gasteiger partial charge is 0.164 e. The van der Waals surface area contributed by atoms with Crippen LogP contribution in [-0.2, 0) is 0 Å². The highest BCUT2D eigenvalue weighted by molar-refractivity contribution is 6.31. The van der Waals surface area contributed by atoms with Crippen molar-refractivity contribution in [2.75, 3.05) is 5.32 Å². The molecular formula is C14H13ClFNO2. The number of nitrogens with one attached hydrogen (secondary N) is 1. The van der Waals surface area contributed by atoms with Crippen molar-refractivity contribution >= 4 is 17.3 Å². The third kappa shape index (κ3) is 2.74. The van der Waals surface area contributed by atoms with E-state index in [4.69, 9.17) is 11.6 Å². The van der Waals surface area contributed by atoms with Crippen molar-refractivity contribution in [3.05, 3.63) is 52.8 Å². The Morgan fingerprint density at radius 2 is 1.68 bits per heavy atom. The van der Waals surface area contributed by atoms with Crippen LogP contribution in [-0.4, -0.2) is 10.2 Å². The Bertz CT molecular complexity index is 584. The van der Waals surface area contributed by atoms with Gasteiger partial charge in [0, 0.05) is 0 Å². The van der Waals surface area contributed by atoms with Crippen LogP contribution in [0.1, 0.15) is 18.5 Å². The summed E-state index contributed by atoms with van der Waals surface area (Å²) in [6.07, 6.45) is 0. The van der Waals surface area contributed by atoms with Crippen LogP contribution in [0, 0.1) is 5.82 Å². The van der Waals surface area contributed by atoms with Crippen LogP contribution in [0.15, 0.2) is 36.4 Å². The zero-order chi connectivity index (χ0) is 14.0. The first-order valence-electron chi connectivity index (χ1n) is 5.72. The lowest BCUT2D eigenvalue weighted by Gasteiger charge is -2.18. The van der Waals surface area contributed by atoms with E-state index < -0.39 is 11.9 Å².